The average molecular weight is 377 g/mol. The minimum absolute atomic E-state index is 0.460. The molecule has 2 N–H and O–H groups in total. The smallest absolute Gasteiger partial charge is 0.332 e. The molecule has 4 rings (SSSR count). The number of nitrogens with zero attached hydrogens (tertiary/aromatic N) is 1. The first-order valence-corrected chi connectivity index (χ1v) is 10.8. The Balaban J connectivity index is 1.48. The van der Waals surface area contributed by atoms with Crippen molar-refractivity contribution < 1.29 is 18.0 Å². The van der Waals surface area contributed by atoms with Crippen LogP contribution in [0.5, 0.6) is 0 Å². The highest BCUT2D eigenvalue weighted by atomic mass is 32.2. The summed E-state index contributed by atoms with van der Waals surface area (Å²) < 4.78 is 26.3. The van der Waals surface area contributed by atoms with Crippen molar-refractivity contribution in [1.29, 1.82) is 0 Å². The fourth-order valence-corrected chi connectivity index (χ4v) is 5.02. The van der Waals surface area contributed by atoms with Gasteiger partial charge in [-0.15, -0.1) is 0 Å². The number of sulfonamides is 1. The van der Waals surface area contributed by atoms with Crippen LogP contribution in [0.1, 0.15) is 41.5 Å². The number of hydrogen-bond donors (Lipinski definition) is 2. The average Bonchev–Trinajstić information content (AvgIpc) is 3.11. The van der Waals surface area contributed by atoms with E-state index in [0.717, 1.165) is 61.8 Å². The quantitative estimate of drug-likeness (QED) is 0.828. The first kappa shape index (κ1) is 17.3. The Morgan fingerprint density at radius 3 is 2.12 bits per heavy atom. The molecule has 0 atom stereocenters. The van der Waals surface area contributed by atoms with Gasteiger partial charge in [0.2, 0.25) is 15.9 Å². The van der Waals surface area contributed by atoms with Crippen LogP contribution in [0.25, 0.3) is 0 Å². The largest absolute Gasteiger partial charge is 0.342 e. The molecule has 7 nitrogen and oxygen atoms in total. The summed E-state index contributed by atoms with van der Waals surface area (Å²) in [5.41, 5.74) is 5.58. The van der Waals surface area contributed by atoms with Gasteiger partial charge in [-0.25, -0.2) is 17.9 Å². The predicted molar refractivity (Wildman–Crippen MR) is 97.6 cm³/mol. The molecule has 0 radical (unpaired) electrons. The second-order valence-electron chi connectivity index (χ2n) is 7.28. The molecule has 3 amide bonds. The van der Waals surface area contributed by atoms with E-state index in [4.69, 9.17) is 0 Å². The third kappa shape index (κ3) is 3.30. The second-order valence-corrected chi connectivity index (χ2v) is 9.01. The first-order valence-electron chi connectivity index (χ1n) is 9.19. The summed E-state index contributed by atoms with van der Waals surface area (Å²) >= 11 is 0. The molecule has 26 heavy (non-hydrogen) atoms. The van der Waals surface area contributed by atoms with E-state index >= 15 is 0 Å². The van der Waals surface area contributed by atoms with Crippen molar-refractivity contribution in [1.82, 2.24) is 9.62 Å². The van der Waals surface area contributed by atoms with E-state index in [1.54, 1.807) is 0 Å². The number of amides is 3. The summed E-state index contributed by atoms with van der Waals surface area (Å²) in [4.78, 5) is 25.7. The number of anilines is 1. The molecule has 1 heterocycles. The van der Waals surface area contributed by atoms with Gasteiger partial charge >= 0.3 is 6.03 Å². The minimum Gasteiger partial charge on any atom is -0.342 e. The van der Waals surface area contributed by atoms with Gasteiger partial charge in [0, 0.05) is 18.8 Å². The Morgan fingerprint density at radius 1 is 0.962 bits per heavy atom. The fourth-order valence-electron chi connectivity index (χ4n) is 4.10. The van der Waals surface area contributed by atoms with Gasteiger partial charge in [-0.1, -0.05) is 6.07 Å². The number of nitrogens with one attached hydrogen (secondary N) is 2. The Labute approximate surface area is 153 Å². The SMILES string of the molecule is O=C(Nc1c2c(cc3c1CCC3)CCC2)NS(=O)(=O)CC(=O)N1CCC1. The van der Waals surface area contributed by atoms with Crippen LogP contribution in [-0.2, 0) is 40.5 Å². The number of benzene rings is 1. The zero-order valence-electron chi connectivity index (χ0n) is 14.6. The van der Waals surface area contributed by atoms with Crippen LogP contribution < -0.4 is 10.0 Å². The molecule has 1 saturated heterocycles. The van der Waals surface area contributed by atoms with Gasteiger partial charge in [-0.05, 0) is 67.2 Å². The molecule has 1 aromatic carbocycles. The molecule has 140 valence electrons. The molecular formula is C18H23N3O4S. The van der Waals surface area contributed by atoms with E-state index in [2.05, 4.69) is 11.4 Å². The number of urea groups is 1. The van der Waals surface area contributed by atoms with Gasteiger partial charge in [-0.3, -0.25) is 4.79 Å². The highest BCUT2D eigenvalue weighted by Gasteiger charge is 2.28. The van der Waals surface area contributed by atoms with Crippen molar-refractivity contribution in [3.05, 3.63) is 28.3 Å². The molecule has 1 fully saturated rings. The third-order valence-corrected chi connectivity index (χ3v) is 6.61. The van der Waals surface area contributed by atoms with E-state index in [9.17, 15) is 18.0 Å². The van der Waals surface area contributed by atoms with Gasteiger partial charge in [0.25, 0.3) is 0 Å². The zero-order valence-corrected chi connectivity index (χ0v) is 15.5. The Hall–Kier alpha value is -2.09. The first-order chi connectivity index (χ1) is 12.4. The van der Waals surface area contributed by atoms with Crippen LogP contribution in [0.2, 0.25) is 0 Å². The van der Waals surface area contributed by atoms with Crippen LogP contribution in [-0.4, -0.2) is 44.1 Å². The van der Waals surface area contributed by atoms with Crippen LogP contribution in [0.15, 0.2) is 6.07 Å². The summed E-state index contributed by atoms with van der Waals surface area (Å²) in [5, 5.41) is 2.78. The highest BCUT2D eigenvalue weighted by molar-refractivity contribution is 7.90. The maximum atomic E-state index is 12.3. The molecule has 0 spiro atoms. The lowest BCUT2D eigenvalue weighted by Crippen LogP contribution is -2.47. The number of hydrogen-bond acceptors (Lipinski definition) is 4. The number of carbonyl (C=O) groups excluding carboxylic acids is 2. The molecule has 0 saturated carbocycles. The van der Waals surface area contributed by atoms with Gasteiger partial charge in [0.15, 0.2) is 0 Å². The fraction of sp³-hybridized carbons (Fsp3) is 0.556. The minimum atomic E-state index is -4.00. The predicted octanol–water partition coefficient (Wildman–Crippen LogP) is 1.35. The van der Waals surface area contributed by atoms with E-state index in [1.807, 2.05) is 4.72 Å². The van der Waals surface area contributed by atoms with Gasteiger partial charge in [-0.2, -0.15) is 0 Å². The maximum Gasteiger partial charge on any atom is 0.332 e. The standard InChI is InChI=1S/C18H23N3O4S/c22-16(21-8-3-9-21)11-26(24,25)20-18(23)19-17-14-6-1-4-12(14)10-13-5-2-7-15(13)17/h10H,1-9,11H2,(H2,19,20,23). The van der Waals surface area contributed by atoms with Crippen LogP contribution >= 0.6 is 0 Å². The maximum absolute atomic E-state index is 12.3. The number of rotatable bonds is 4. The van der Waals surface area contributed by atoms with E-state index in [1.165, 1.54) is 16.0 Å². The summed E-state index contributed by atoms with van der Waals surface area (Å²) in [6.45, 7) is 1.17. The van der Waals surface area contributed by atoms with Crippen molar-refractivity contribution in [2.75, 3.05) is 24.2 Å². The van der Waals surface area contributed by atoms with Crippen molar-refractivity contribution in [2.24, 2.45) is 0 Å². The lowest BCUT2D eigenvalue weighted by molar-refractivity contribution is -0.131. The van der Waals surface area contributed by atoms with Crippen molar-refractivity contribution in [2.45, 2.75) is 44.9 Å². The van der Waals surface area contributed by atoms with Crippen molar-refractivity contribution >= 4 is 27.6 Å². The normalized spacial score (nSPS) is 18.1. The van der Waals surface area contributed by atoms with Gasteiger partial charge in [0.1, 0.15) is 5.75 Å². The highest BCUT2D eigenvalue weighted by Crippen LogP contribution is 2.38. The zero-order chi connectivity index (χ0) is 18.3. The van der Waals surface area contributed by atoms with Gasteiger partial charge in [0.05, 0.1) is 0 Å². The number of fused-ring (bicyclic) bond motifs is 2. The molecule has 1 aromatic rings. The van der Waals surface area contributed by atoms with Crippen LogP contribution in [0.3, 0.4) is 0 Å². The molecule has 0 unspecified atom stereocenters. The Bertz CT molecular complexity index is 843. The summed E-state index contributed by atoms with van der Waals surface area (Å²) in [7, 11) is -4.00. The monoisotopic (exact) mass is 377 g/mol. The molecule has 0 aromatic heterocycles. The summed E-state index contributed by atoms with van der Waals surface area (Å²) in [6, 6.07) is 1.46. The van der Waals surface area contributed by atoms with E-state index in [-0.39, 0.29) is 0 Å². The number of aryl methyl sites for hydroxylation is 2. The lowest BCUT2D eigenvalue weighted by atomic mass is 9.99. The molecule has 3 aliphatic rings. The Kier molecular flexibility index (Phi) is 4.38. The summed E-state index contributed by atoms with van der Waals surface area (Å²) in [6.07, 6.45) is 6.80. The molecule has 8 heteroatoms. The molecular weight excluding hydrogens is 354 g/mol. The molecule has 1 aliphatic heterocycles. The van der Waals surface area contributed by atoms with Crippen LogP contribution in [0.4, 0.5) is 10.5 Å². The van der Waals surface area contributed by atoms with Gasteiger partial charge < -0.3 is 10.2 Å². The molecule has 2 aliphatic carbocycles. The van der Waals surface area contributed by atoms with Crippen molar-refractivity contribution in [3.8, 4) is 0 Å². The molecule has 0 bridgehead atoms. The second kappa shape index (κ2) is 6.57. The lowest BCUT2D eigenvalue weighted by Gasteiger charge is -2.30. The van der Waals surface area contributed by atoms with E-state index < -0.39 is 27.7 Å². The number of carbonyl (C=O) groups is 2. The van der Waals surface area contributed by atoms with E-state index in [0.29, 0.717) is 13.1 Å². The van der Waals surface area contributed by atoms with Crippen molar-refractivity contribution in [3.63, 3.8) is 0 Å². The topological polar surface area (TPSA) is 95.6 Å². The third-order valence-electron chi connectivity index (χ3n) is 5.48. The number of likely N-dealkylation sites (tertiary alicyclic amines) is 1. The van der Waals surface area contributed by atoms with Crippen LogP contribution in [0, 0.1) is 0 Å². The Morgan fingerprint density at radius 2 is 1.58 bits per heavy atom. The summed E-state index contributed by atoms with van der Waals surface area (Å²) in [5.74, 6) is -1.15.